The van der Waals surface area contributed by atoms with E-state index in [1.165, 1.54) is 11.1 Å². The summed E-state index contributed by atoms with van der Waals surface area (Å²) >= 11 is 0. The second-order valence-electron chi connectivity index (χ2n) is 5.12. The summed E-state index contributed by atoms with van der Waals surface area (Å²) in [4.78, 5) is 0. The Labute approximate surface area is 133 Å². The van der Waals surface area contributed by atoms with Crippen LogP contribution in [0.4, 0.5) is 0 Å². The zero-order valence-corrected chi connectivity index (χ0v) is 13.3. The lowest BCUT2D eigenvalue weighted by Gasteiger charge is -2.09. The SMILES string of the molecule is CCc1cccc(OCCOCCNCc2ccccc2)c1. The molecule has 0 fully saturated rings. The van der Waals surface area contributed by atoms with Crippen LogP contribution in [0.5, 0.6) is 5.75 Å². The molecular weight excluding hydrogens is 274 g/mol. The van der Waals surface area contributed by atoms with Crippen LogP contribution >= 0.6 is 0 Å². The molecule has 0 bridgehead atoms. The standard InChI is InChI=1S/C19H25NO2/c1-2-17-9-6-10-19(15-17)22-14-13-21-12-11-20-16-18-7-4-3-5-8-18/h3-10,15,20H,2,11-14,16H2,1H3. The largest absolute Gasteiger partial charge is 0.491 e. The third-order valence-corrected chi connectivity index (χ3v) is 3.40. The number of rotatable bonds is 10. The quantitative estimate of drug-likeness (QED) is 0.682. The highest BCUT2D eigenvalue weighted by Crippen LogP contribution is 2.13. The van der Waals surface area contributed by atoms with Crippen LogP contribution in [0.25, 0.3) is 0 Å². The molecule has 3 heteroatoms. The van der Waals surface area contributed by atoms with Crippen molar-refractivity contribution in [3.8, 4) is 5.75 Å². The first-order valence-electron chi connectivity index (χ1n) is 7.92. The molecule has 0 atom stereocenters. The second-order valence-corrected chi connectivity index (χ2v) is 5.12. The predicted octanol–water partition coefficient (Wildman–Crippen LogP) is 3.43. The topological polar surface area (TPSA) is 30.5 Å². The van der Waals surface area contributed by atoms with Crippen LogP contribution in [0.2, 0.25) is 0 Å². The van der Waals surface area contributed by atoms with Gasteiger partial charge >= 0.3 is 0 Å². The van der Waals surface area contributed by atoms with Crippen LogP contribution in [-0.2, 0) is 17.7 Å². The van der Waals surface area contributed by atoms with E-state index in [-0.39, 0.29) is 0 Å². The first-order valence-corrected chi connectivity index (χ1v) is 7.92. The monoisotopic (exact) mass is 299 g/mol. The van der Waals surface area contributed by atoms with Gasteiger partial charge in [-0.3, -0.25) is 0 Å². The molecule has 0 aliphatic heterocycles. The summed E-state index contributed by atoms with van der Waals surface area (Å²) in [6.07, 6.45) is 1.03. The first-order chi connectivity index (χ1) is 10.9. The molecule has 0 aliphatic rings. The Kier molecular flexibility index (Phi) is 7.50. The first kappa shape index (κ1) is 16.5. The minimum atomic E-state index is 0.589. The maximum Gasteiger partial charge on any atom is 0.119 e. The van der Waals surface area contributed by atoms with E-state index in [4.69, 9.17) is 9.47 Å². The molecule has 0 aromatic heterocycles. The van der Waals surface area contributed by atoms with Gasteiger partial charge in [0.25, 0.3) is 0 Å². The number of nitrogens with one attached hydrogen (secondary N) is 1. The molecule has 2 rings (SSSR count). The lowest BCUT2D eigenvalue weighted by molar-refractivity contribution is 0.102. The Morgan fingerprint density at radius 1 is 0.864 bits per heavy atom. The van der Waals surface area contributed by atoms with Gasteiger partial charge in [0.15, 0.2) is 0 Å². The molecule has 0 unspecified atom stereocenters. The number of aryl methyl sites for hydroxylation is 1. The molecule has 0 amide bonds. The molecule has 0 spiro atoms. The summed E-state index contributed by atoms with van der Waals surface area (Å²) in [5.41, 5.74) is 2.59. The lowest BCUT2D eigenvalue weighted by atomic mass is 10.2. The third kappa shape index (κ3) is 6.29. The molecule has 118 valence electrons. The fourth-order valence-corrected chi connectivity index (χ4v) is 2.15. The van der Waals surface area contributed by atoms with Crippen molar-refractivity contribution >= 4 is 0 Å². The molecule has 0 saturated carbocycles. The van der Waals surface area contributed by atoms with Crippen molar-refractivity contribution in [1.82, 2.24) is 5.32 Å². The molecule has 2 aromatic rings. The lowest BCUT2D eigenvalue weighted by Crippen LogP contribution is -2.20. The zero-order chi connectivity index (χ0) is 15.5. The van der Waals surface area contributed by atoms with Crippen LogP contribution in [0.15, 0.2) is 54.6 Å². The zero-order valence-electron chi connectivity index (χ0n) is 13.3. The highest BCUT2D eigenvalue weighted by atomic mass is 16.5. The van der Waals surface area contributed by atoms with Gasteiger partial charge in [0.2, 0.25) is 0 Å². The van der Waals surface area contributed by atoms with Gasteiger partial charge in [-0.2, -0.15) is 0 Å². The number of hydrogen-bond donors (Lipinski definition) is 1. The van der Waals surface area contributed by atoms with Crippen molar-refractivity contribution < 1.29 is 9.47 Å². The molecule has 0 aliphatic carbocycles. The summed E-state index contributed by atoms with van der Waals surface area (Å²) in [6, 6.07) is 18.6. The summed E-state index contributed by atoms with van der Waals surface area (Å²) in [5, 5.41) is 3.36. The van der Waals surface area contributed by atoms with Crippen molar-refractivity contribution in [1.29, 1.82) is 0 Å². The van der Waals surface area contributed by atoms with Crippen molar-refractivity contribution in [3.05, 3.63) is 65.7 Å². The Hall–Kier alpha value is -1.84. The third-order valence-electron chi connectivity index (χ3n) is 3.40. The van der Waals surface area contributed by atoms with Crippen molar-refractivity contribution in [2.75, 3.05) is 26.4 Å². The van der Waals surface area contributed by atoms with Crippen molar-refractivity contribution in [3.63, 3.8) is 0 Å². The fourth-order valence-electron chi connectivity index (χ4n) is 2.15. The minimum Gasteiger partial charge on any atom is -0.491 e. The number of benzene rings is 2. The van der Waals surface area contributed by atoms with E-state index < -0.39 is 0 Å². The van der Waals surface area contributed by atoms with E-state index in [1.807, 2.05) is 18.2 Å². The second kappa shape index (κ2) is 9.98. The van der Waals surface area contributed by atoms with Crippen molar-refractivity contribution in [2.24, 2.45) is 0 Å². The van der Waals surface area contributed by atoms with E-state index in [1.54, 1.807) is 0 Å². The van der Waals surface area contributed by atoms with Crippen LogP contribution in [0.3, 0.4) is 0 Å². The van der Waals surface area contributed by atoms with Crippen molar-refractivity contribution in [2.45, 2.75) is 19.9 Å². The van der Waals surface area contributed by atoms with Gasteiger partial charge in [-0.15, -0.1) is 0 Å². The Morgan fingerprint density at radius 2 is 1.68 bits per heavy atom. The Morgan fingerprint density at radius 3 is 2.50 bits per heavy atom. The number of ether oxygens (including phenoxy) is 2. The van der Waals surface area contributed by atoms with Gasteiger partial charge in [0.05, 0.1) is 13.2 Å². The smallest absolute Gasteiger partial charge is 0.119 e. The molecular formula is C19H25NO2. The van der Waals surface area contributed by atoms with E-state index in [0.29, 0.717) is 19.8 Å². The van der Waals surface area contributed by atoms with E-state index in [2.05, 4.69) is 48.6 Å². The van der Waals surface area contributed by atoms with Gasteiger partial charge in [0, 0.05) is 13.1 Å². The summed E-state index contributed by atoms with van der Waals surface area (Å²) < 4.78 is 11.2. The molecule has 2 aromatic carbocycles. The van der Waals surface area contributed by atoms with Gasteiger partial charge in [-0.25, -0.2) is 0 Å². The highest BCUT2D eigenvalue weighted by Gasteiger charge is 1.96. The summed E-state index contributed by atoms with van der Waals surface area (Å²) in [5.74, 6) is 0.921. The molecule has 0 radical (unpaired) electrons. The van der Waals surface area contributed by atoms with Gasteiger partial charge in [0.1, 0.15) is 12.4 Å². The molecule has 3 nitrogen and oxygen atoms in total. The van der Waals surface area contributed by atoms with E-state index in [0.717, 1.165) is 25.3 Å². The van der Waals surface area contributed by atoms with Crippen LogP contribution in [0, 0.1) is 0 Å². The van der Waals surface area contributed by atoms with E-state index >= 15 is 0 Å². The Balaban J connectivity index is 1.49. The molecule has 22 heavy (non-hydrogen) atoms. The van der Waals surface area contributed by atoms with Gasteiger partial charge in [-0.05, 0) is 29.7 Å². The maximum atomic E-state index is 5.68. The summed E-state index contributed by atoms with van der Waals surface area (Å²) in [7, 11) is 0. The summed E-state index contributed by atoms with van der Waals surface area (Å²) in [6.45, 7) is 5.77. The van der Waals surface area contributed by atoms with Crippen LogP contribution in [0.1, 0.15) is 18.1 Å². The van der Waals surface area contributed by atoms with Crippen LogP contribution in [-0.4, -0.2) is 26.4 Å². The minimum absolute atomic E-state index is 0.589. The predicted molar refractivity (Wildman–Crippen MR) is 90.3 cm³/mol. The molecule has 1 N–H and O–H groups in total. The highest BCUT2D eigenvalue weighted by molar-refractivity contribution is 5.28. The van der Waals surface area contributed by atoms with Gasteiger partial charge < -0.3 is 14.8 Å². The average Bonchev–Trinajstić information content (AvgIpc) is 2.58. The number of hydrogen-bond acceptors (Lipinski definition) is 3. The normalized spacial score (nSPS) is 10.6. The van der Waals surface area contributed by atoms with Gasteiger partial charge in [-0.1, -0.05) is 49.4 Å². The van der Waals surface area contributed by atoms with E-state index in [9.17, 15) is 0 Å². The van der Waals surface area contributed by atoms with Crippen LogP contribution < -0.4 is 10.1 Å². The molecule has 0 saturated heterocycles. The Bertz CT molecular complexity index is 528. The molecule has 0 heterocycles. The maximum absolute atomic E-state index is 5.68. The fraction of sp³-hybridized carbons (Fsp3) is 0.368. The average molecular weight is 299 g/mol.